The third-order valence-corrected chi connectivity index (χ3v) is 5.23. The van der Waals surface area contributed by atoms with E-state index in [-0.39, 0.29) is 5.54 Å². The van der Waals surface area contributed by atoms with Gasteiger partial charge in [0.25, 0.3) is 0 Å². The van der Waals surface area contributed by atoms with Gasteiger partial charge in [0.15, 0.2) is 0 Å². The highest BCUT2D eigenvalue weighted by atomic mass is 16.5. The van der Waals surface area contributed by atoms with Crippen molar-refractivity contribution < 1.29 is 4.74 Å². The zero-order chi connectivity index (χ0) is 14.0. The molecule has 0 aromatic heterocycles. The van der Waals surface area contributed by atoms with Crippen molar-refractivity contribution in [2.24, 2.45) is 5.92 Å². The molecule has 4 nitrogen and oxygen atoms in total. The summed E-state index contributed by atoms with van der Waals surface area (Å²) in [7, 11) is 1.80. The largest absolute Gasteiger partial charge is 0.384 e. The number of hydrogen-bond donors (Lipinski definition) is 1. The Morgan fingerprint density at radius 2 is 2.20 bits per heavy atom. The summed E-state index contributed by atoms with van der Waals surface area (Å²) in [5.74, 6) is 0.690. The van der Waals surface area contributed by atoms with Crippen LogP contribution in [-0.4, -0.2) is 49.3 Å². The van der Waals surface area contributed by atoms with Crippen LogP contribution in [0.25, 0.3) is 0 Å². The highest BCUT2D eigenvalue weighted by Crippen LogP contribution is 2.36. The number of methoxy groups -OCH3 is 1. The van der Waals surface area contributed by atoms with Crippen LogP contribution in [0.1, 0.15) is 44.9 Å². The number of ether oxygens (including phenoxy) is 1. The fraction of sp³-hybridized carbons (Fsp3) is 0.938. The Kier molecular flexibility index (Phi) is 4.30. The molecule has 2 aliphatic carbocycles. The average molecular weight is 277 g/mol. The molecule has 112 valence electrons. The van der Waals surface area contributed by atoms with Gasteiger partial charge in [-0.1, -0.05) is 0 Å². The predicted molar refractivity (Wildman–Crippen MR) is 78.3 cm³/mol. The zero-order valence-corrected chi connectivity index (χ0v) is 12.6. The van der Waals surface area contributed by atoms with E-state index in [0.717, 1.165) is 26.0 Å². The van der Waals surface area contributed by atoms with Crippen LogP contribution in [0, 0.1) is 17.2 Å². The second-order valence-electron chi connectivity index (χ2n) is 6.97. The third kappa shape index (κ3) is 3.16. The minimum Gasteiger partial charge on any atom is -0.384 e. The Morgan fingerprint density at radius 1 is 1.35 bits per heavy atom. The van der Waals surface area contributed by atoms with E-state index >= 15 is 0 Å². The van der Waals surface area contributed by atoms with Crippen molar-refractivity contribution in [3.8, 4) is 6.07 Å². The lowest BCUT2D eigenvalue weighted by atomic mass is 9.79. The Labute approximate surface area is 122 Å². The van der Waals surface area contributed by atoms with Gasteiger partial charge in [-0.25, -0.2) is 0 Å². The van der Waals surface area contributed by atoms with Gasteiger partial charge in [-0.15, -0.1) is 0 Å². The quantitative estimate of drug-likeness (QED) is 0.834. The van der Waals surface area contributed by atoms with Gasteiger partial charge in [0.2, 0.25) is 0 Å². The number of nitrogens with one attached hydrogen (secondary N) is 1. The van der Waals surface area contributed by atoms with E-state index < -0.39 is 0 Å². The Hall–Kier alpha value is -0.630. The number of nitrogens with zero attached hydrogens (tertiary/aromatic N) is 2. The highest BCUT2D eigenvalue weighted by molar-refractivity contribution is 5.13. The summed E-state index contributed by atoms with van der Waals surface area (Å²) >= 11 is 0. The molecule has 3 atom stereocenters. The second kappa shape index (κ2) is 6.01. The lowest BCUT2D eigenvalue weighted by Crippen LogP contribution is -2.53. The van der Waals surface area contributed by atoms with Crippen LogP contribution in [0.3, 0.4) is 0 Å². The van der Waals surface area contributed by atoms with E-state index in [1.165, 1.54) is 38.6 Å². The average Bonchev–Trinajstić information content (AvgIpc) is 3.14. The predicted octanol–water partition coefficient (Wildman–Crippen LogP) is 1.91. The summed E-state index contributed by atoms with van der Waals surface area (Å²) < 4.78 is 5.29. The monoisotopic (exact) mass is 277 g/mol. The second-order valence-corrected chi connectivity index (χ2v) is 6.97. The number of rotatable bonds is 5. The van der Waals surface area contributed by atoms with Crippen molar-refractivity contribution in [3.63, 3.8) is 0 Å². The van der Waals surface area contributed by atoms with E-state index in [1.54, 1.807) is 7.11 Å². The first-order chi connectivity index (χ1) is 9.74. The fourth-order valence-corrected chi connectivity index (χ4v) is 4.01. The van der Waals surface area contributed by atoms with Crippen molar-refractivity contribution in [2.45, 2.75) is 62.6 Å². The van der Waals surface area contributed by atoms with Crippen molar-refractivity contribution in [3.05, 3.63) is 0 Å². The molecule has 1 aliphatic heterocycles. The first-order valence-electron chi connectivity index (χ1n) is 8.16. The highest BCUT2D eigenvalue weighted by Gasteiger charge is 2.42. The summed E-state index contributed by atoms with van der Waals surface area (Å²) in [6.45, 7) is 3.22. The molecule has 2 saturated carbocycles. The Bertz CT molecular complexity index is 376. The maximum absolute atomic E-state index is 9.66. The van der Waals surface area contributed by atoms with Gasteiger partial charge >= 0.3 is 0 Å². The lowest BCUT2D eigenvalue weighted by Gasteiger charge is -2.40. The molecule has 20 heavy (non-hydrogen) atoms. The molecule has 1 saturated heterocycles. The molecule has 0 bridgehead atoms. The minimum absolute atomic E-state index is 0.247. The lowest BCUT2D eigenvalue weighted by molar-refractivity contribution is 0.121. The number of likely N-dealkylation sites (tertiary alicyclic amines) is 1. The molecule has 0 amide bonds. The molecule has 3 aliphatic rings. The van der Waals surface area contributed by atoms with Gasteiger partial charge in [0, 0.05) is 25.7 Å². The maximum atomic E-state index is 9.66. The molecule has 4 heteroatoms. The van der Waals surface area contributed by atoms with Crippen LogP contribution in [-0.2, 0) is 4.74 Å². The number of nitriles is 1. The molecule has 1 heterocycles. The van der Waals surface area contributed by atoms with Crippen molar-refractivity contribution in [1.82, 2.24) is 10.2 Å². The molecular formula is C16H27N3O. The molecule has 0 aromatic carbocycles. The SMILES string of the molecule is COCC1CCN(C2CCCC(C#N)(NC3CC3)C2)C1. The molecule has 1 N–H and O–H groups in total. The van der Waals surface area contributed by atoms with E-state index in [0.29, 0.717) is 18.0 Å². The van der Waals surface area contributed by atoms with Crippen LogP contribution in [0.15, 0.2) is 0 Å². The zero-order valence-electron chi connectivity index (χ0n) is 12.6. The van der Waals surface area contributed by atoms with Crippen LogP contribution < -0.4 is 5.32 Å². The van der Waals surface area contributed by atoms with Crippen LogP contribution >= 0.6 is 0 Å². The Morgan fingerprint density at radius 3 is 2.90 bits per heavy atom. The first-order valence-corrected chi connectivity index (χ1v) is 8.16. The van der Waals surface area contributed by atoms with E-state index in [9.17, 15) is 5.26 Å². The summed E-state index contributed by atoms with van der Waals surface area (Å²) in [6.07, 6.45) is 8.26. The van der Waals surface area contributed by atoms with Gasteiger partial charge in [-0.05, 0) is 57.4 Å². The maximum Gasteiger partial charge on any atom is 0.108 e. The Balaban J connectivity index is 1.58. The molecule has 0 radical (unpaired) electrons. The fourth-order valence-electron chi connectivity index (χ4n) is 4.01. The smallest absolute Gasteiger partial charge is 0.108 e. The molecule has 0 aromatic rings. The van der Waals surface area contributed by atoms with Gasteiger partial charge in [0.1, 0.15) is 5.54 Å². The molecule has 3 rings (SSSR count). The van der Waals surface area contributed by atoms with Gasteiger partial charge in [0.05, 0.1) is 12.7 Å². The minimum atomic E-state index is -0.247. The summed E-state index contributed by atoms with van der Waals surface area (Å²) in [5, 5.41) is 13.3. The molecular weight excluding hydrogens is 250 g/mol. The first kappa shape index (κ1) is 14.3. The van der Waals surface area contributed by atoms with Gasteiger partial charge in [-0.2, -0.15) is 5.26 Å². The van der Waals surface area contributed by atoms with Crippen molar-refractivity contribution >= 4 is 0 Å². The summed E-state index contributed by atoms with van der Waals surface area (Å²) in [5.41, 5.74) is -0.247. The van der Waals surface area contributed by atoms with Crippen LogP contribution in [0.5, 0.6) is 0 Å². The third-order valence-electron chi connectivity index (χ3n) is 5.23. The van der Waals surface area contributed by atoms with E-state index in [4.69, 9.17) is 4.74 Å². The summed E-state index contributed by atoms with van der Waals surface area (Å²) in [6, 6.07) is 3.83. The number of hydrogen-bond acceptors (Lipinski definition) is 4. The normalized spacial score (nSPS) is 38.8. The van der Waals surface area contributed by atoms with Gasteiger partial charge < -0.3 is 4.74 Å². The molecule has 0 spiro atoms. The van der Waals surface area contributed by atoms with Crippen molar-refractivity contribution in [2.75, 3.05) is 26.8 Å². The van der Waals surface area contributed by atoms with Crippen LogP contribution in [0.2, 0.25) is 0 Å². The topological polar surface area (TPSA) is 48.3 Å². The standard InChI is InChI=1S/C16H27N3O/c1-20-11-13-6-8-19(10-13)15-3-2-7-16(9-15,12-17)18-14-4-5-14/h13-15,18H,2-11H2,1H3. The van der Waals surface area contributed by atoms with Crippen molar-refractivity contribution in [1.29, 1.82) is 5.26 Å². The summed E-state index contributed by atoms with van der Waals surface area (Å²) in [4.78, 5) is 2.61. The van der Waals surface area contributed by atoms with Crippen LogP contribution in [0.4, 0.5) is 0 Å². The van der Waals surface area contributed by atoms with E-state index in [1.807, 2.05) is 0 Å². The molecule has 3 fully saturated rings. The van der Waals surface area contributed by atoms with Gasteiger partial charge in [-0.3, -0.25) is 10.2 Å². The van der Waals surface area contributed by atoms with E-state index in [2.05, 4.69) is 16.3 Å². The molecule has 3 unspecified atom stereocenters.